The maximum atomic E-state index is 12.5. The van der Waals surface area contributed by atoms with Crippen LogP contribution in [0.5, 0.6) is 0 Å². The Labute approximate surface area is 156 Å². The number of hydrogen-bond acceptors (Lipinski definition) is 4. The molecule has 0 bridgehead atoms. The van der Waals surface area contributed by atoms with Gasteiger partial charge in [-0.05, 0) is 55.8 Å². The Morgan fingerprint density at radius 1 is 1.23 bits per heavy atom. The number of anilines is 1. The van der Waals surface area contributed by atoms with Crippen LogP contribution < -0.4 is 5.32 Å². The summed E-state index contributed by atoms with van der Waals surface area (Å²) in [6, 6.07) is 14.4. The number of nitrogens with one attached hydrogen (secondary N) is 1. The van der Waals surface area contributed by atoms with Crippen molar-refractivity contribution in [3.8, 4) is 17.5 Å². The SMILES string of the molecule is Cc1nc(-c2ccc(C#N)cc2)n(CC(=O)Nc2cccc(Cl)c2C)n1. The zero-order valence-electron chi connectivity index (χ0n) is 14.3. The first kappa shape index (κ1) is 17.6. The summed E-state index contributed by atoms with van der Waals surface area (Å²) in [5.74, 6) is 0.913. The summed E-state index contributed by atoms with van der Waals surface area (Å²) in [7, 11) is 0. The fourth-order valence-electron chi connectivity index (χ4n) is 2.54. The molecule has 26 heavy (non-hydrogen) atoms. The van der Waals surface area contributed by atoms with Gasteiger partial charge in [-0.15, -0.1) is 0 Å². The van der Waals surface area contributed by atoms with E-state index < -0.39 is 0 Å². The van der Waals surface area contributed by atoms with Gasteiger partial charge in [-0.1, -0.05) is 17.7 Å². The number of aromatic nitrogens is 3. The molecule has 130 valence electrons. The molecule has 0 unspecified atom stereocenters. The van der Waals surface area contributed by atoms with Gasteiger partial charge in [0.2, 0.25) is 5.91 Å². The molecular weight excluding hydrogens is 350 g/mol. The molecule has 3 rings (SSSR count). The monoisotopic (exact) mass is 365 g/mol. The first-order valence-corrected chi connectivity index (χ1v) is 8.32. The quantitative estimate of drug-likeness (QED) is 0.763. The van der Waals surface area contributed by atoms with Crippen LogP contribution in [-0.4, -0.2) is 20.7 Å². The first-order chi connectivity index (χ1) is 12.5. The minimum Gasteiger partial charge on any atom is -0.324 e. The molecule has 0 aliphatic rings. The number of nitriles is 1. The average Bonchev–Trinajstić information content (AvgIpc) is 2.99. The number of benzene rings is 2. The molecule has 0 radical (unpaired) electrons. The van der Waals surface area contributed by atoms with Crippen LogP contribution in [0.1, 0.15) is 17.0 Å². The van der Waals surface area contributed by atoms with Crippen LogP contribution in [0, 0.1) is 25.2 Å². The number of aryl methyl sites for hydroxylation is 1. The molecule has 0 saturated carbocycles. The van der Waals surface area contributed by atoms with Crippen LogP contribution in [0.2, 0.25) is 5.02 Å². The number of carbonyl (C=O) groups is 1. The second-order valence-electron chi connectivity index (χ2n) is 5.79. The smallest absolute Gasteiger partial charge is 0.246 e. The maximum Gasteiger partial charge on any atom is 0.246 e. The Morgan fingerprint density at radius 2 is 1.96 bits per heavy atom. The van der Waals surface area contributed by atoms with Crippen molar-refractivity contribution in [2.45, 2.75) is 20.4 Å². The molecule has 0 saturated heterocycles. The van der Waals surface area contributed by atoms with Crippen molar-refractivity contribution in [2.24, 2.45) is 0 Å². The largest absolute Gasteiger partial charge is 0.324 e. The van der Waals surface area contributed by atoms with E-state index in [4.69, 9.17) is 16.9 Å². The third kappa shape index (κ3) is 3.73. The van der Waals surface area contributed by atoms with Gasteiger partial charge in [0.1, 0.15) is 12.4 Å². The molecule has 3 aromatic rings. The Hall–Kier alpha value is -3.17. The summed E-state index contributed by atoms with van der Waals surface area (Å²) < 4.78 is 1.55. The highest BCUT2D eigenvalue weighted by Gasteiger charge is 2.14. The Balaban J connectivity index is 1.82. The van der Waals surface area contributed by atoms with E-state index >= 15 is 0 Å². The number of nitrogens with zero attached hydrogens (tertiary/aromatic N) is 4. The van der Waals surface area contributed by atoms with Crippen molar-refractivity contribution in [3.05, 3.63) is 64.4 Å². The lowest BCUT2D eigenvalue weighted by atomic mass is 10.1. The molecule has 6 nitrogen and oxygen atoms in total. The molecule has 0 aliphatic carbocycles. The molecular formula is C19H16ClN5O. The second-order valence-corrected chi connectivity index (χ2v) is 6.20. The highest BCUT2D eigenvalue weighted by molar-refractivity contribution is 6.31. The van der Waals surface area contributed by atoms with Crippen molar-refractivity contribution in [1.82, 2.24) is 14.8 Å². The average molecular weight is 366 g/mol. The highest BCUT2D eigenvalue weighted by atomic mass is 35.5. The van der Waals surface area contributed by atoms with Gasteiger partial charge in [0, 0.05) is 16.3 Å². The van der Waals surface area contributed by atoms with E-state index in [1.54, 1.807) is 54.1 Å². The Kier molecular flexibility index (Phi) is 5.01. The Bertz CT molecular complexity index is 1000. The number of carbonyl (C=O) groups excluding carboxylic acids is 1. The van der Waals surface area contributed by atoms with Gasteiger partial charge in [0.15, 0.2) is 5.82 Å². The number of amides is 1. The van der Waals surface area contributed by atoms with Crippen LogP contribution >= 0.6 is 11.6 Å². The number of halogens is 1. The van der Waals surface area contributed by atoms with E-state index in [1.807, 2.05) is 6.92 Å². The molecule has 2 aromatic carbocycles. The van der Waals surface area contributed by atoms with Gasteiger partial charge in [0.25, 0.3) is 0 Å². The van der Waals surface area contributed by atoms with E-state index in [2.05, 4.69) is 21.5 Å². The van der Waals surface area contributed by atoms with Crippen LogP contribution in [0.4, 0.5) is 5.69 Å². The van der Waals surface area contributed by atoms with Crippen molar-refractivity contribution >= 4 is 23.2 Å². The standard InChI is InChI=1S/C19H16ClN5O/c1-12-16(20)4-3-5-17(12)23-18(26)11-25-19(22-13(2)24-25)15-8-6-14(10-21)7-9-15/h3-9H,11H2,1-2H3,(H,23,26). The molecule has 0 spiro atoms. The van der Waals surface area contributed by atoms with Gasteiger partial charge in [0.05, 0.1) is 11.6 Å². The third-order valence-electron chi connectivity index (χ3n) is 3.88. The second kappa shape index (κ2) is 7.38. The van der Waals surface area contributed by atoms with E-state index in [1.165, 1.54) is 0 Å². The third-order valence-corrected chi connectivity index (χ3v) is 4.29. The maximum absolute atomic E-state index is 12.5. The lowest BCUT2D eigenvalue weighted by Gasteiger charge is -2.10. The minimum atomic E-state index is -0.227. The summed E-state index contributed by atoms with van der Waals surface area (Å²) in [4.78, 5) is 16.8. The summed E-state index contributed by atoms with van der Waals surface area (Å²) in [6.45, 7) is 3.63. The first-order valence-electron chi connectivity index (χ1n) is 7.95. The van der Waals surface area contributed by atoms with Crippen LogP contribution in [0.25, 0.3) is 11.4 Å². The summed E-state index contributed by atoms with van der Waals surface area (Å²) in [5, 5.41) is 16.7. The summed E-state index contributed by atoms with van der Waals surface area (Å²) >= 11 is 6.09. The molecule has 0 aliphatic heterocycles. The highest BCUT2D eigenvalue weighted by Crippen LogP contribution is 2.23. The van der Waals surface area contributed by atoms with E-state index in [9.17, 15) is 4.79 Å². The normalized spacial score (nSPS) is 10.4. The van der Waals surface area contributed by atoms with E-state index in [0.717, 1.165) is 11.1 Å². The number of rotatable bonds is 4. The Morgan fingerprint density at radius 3 is 2.65 bits per heavy atom. The van der Waals surface area contributed by atoms with E-state index in [-0.39, 0.29) is 12.5 Å². The van der Waals surface area contributed by atoms with Crippen molar-refractivity contribution < 1.29 is 4.79 Å². The summed E-state index contributed by atoms with van der Waals surface area (Å²) in [5.41, 5.74) is 2.82. The minimum absolute atomic E-state index is 0.0160. The van der Waals surface area contributed by atoms with Crippen molar-refractivity contribution in [1.29, 1.82) is 5.26 Å². The van der Waals surface area contributed by atoms with E-state index in [0.29, 0.717) is 27.9 Å². The zero-order valence-corrected chi connectivity index (χ0v) is 15.1. The molecule has 7 heteroatoms. The predicted octanol–water partition coefficient (Wildman–Crippen LogP) is 3.73. The molecule has 1 aromatic heterocycles. The molecule has 1 amide bonds. The molecule has 1 N–H and O–H groups in total. The van der Waals surface area contributed by atoms with Crippen LogP contribution in [-0.2, 0) is 11.3 Å². The van der Waals surface area contributed by atoms with Crippen LogP contribution in [0.15, 0.2) is 42.5 Å². The van der Waals surface area contributed by atoms with Crippen molar-refractivity contribution in [2.75, 3.05) is 5.32 Å². The van der Waals surface area contributed by atoms with Gasteiger partial charge >= 0.3 is 0 Å². The van der Waals surface area contributed by atoms with Crippen molar-refractivity contribution in [3.63, 3.8) is 0 Å². The fraction of sp³-hybridized carbons (Fsp3) is 0.158. The lowest BCUT2D eigenvalue weighted by Crippen LogP contribution is -2.20. The van der Waals surface area contributed by atoms with Gasteiger partial charge in [-0.3, -0.25) is 4.79 Å². The summed E-state index contributed by atoms with van der Waals surface area (Å²) in [6.07, 6.45) is 0. The number of hydrogen-bond donors (Lipinski definition) is 1. The topological polar surface area (TPSA) is 83.6 Å². The molecule has 1 heterocycles. The molecule has 0 atom stereocenters. The van der Waals surface area contributed by atoms with Crippen LogP contribution in [0.3, 0.4) is 0 Å². The van der Waals surface area contributed by atoms with Gasteiger partial charge in [-0.2, -0.15) is 10.4 Å². The zero-order chi connectivity index (χ0) is 18.7. The predicted molar refractivity (Wildman–Crippen MR) is 99.7 cm³/mol. The van der Waals surface area contributed by atoms with Gasteiger partial charge < -0.3 is 5.32 Å². The molecule has 0 fully saturated rings. The lowest BCUT2D eigenvalue weighted by molar-refractivity contribution is -0.116. The fourth-order valence-corrected chi connectivity index (χ4v) is 2.72. The van der Waals surface area contributed by atoms with Gasteiger partial charge in [-0.25, -0.2) is 9.67 Å².